The van der Waals surface area contributed by atoms with Crippen molar-refractivity contribution >= 4 is 23.3 Å². The summed E-state index contributed by atoms with van der Waals surface area (Å²) in [5, 5.41) is 5.88. The zero-order valence-corrected chi connectivity index (χ0v) is 12.1. The van der Waals surface area contributed by atoms with E-state index in [1.807, 2.05) is 0 Å². The summed E-state index contributed by atoms with van der Waals surface area (Å²) in [5.41, 5.74) is 1.26. The largest absolute Gasteiger partial charge is 0.494 e. The van der Waals surface area contributed by atoms with Crippen LogP contribution in [0.25, 0.3) is 0 Å². The first kappa shape index (κ1) is 15.1. The van der Waals surface area contributed by atoms with Gasteiger partial charge < -0.3 is 15.4 Å². The Labute approximate surface area is 126 Å². The van der Waals surface area contributed by atoms with E-state index in [0.717, 1.165) is 0 Å². The molecule has 2 N–H and O–H groups in total. The molecule has 2 amide bonds. The quantitative estimate of drug-likeness (QED) is 0.902. The Bertz CT molecular complexity index is 632. The van der Waals surface area contributed by atoms with Crippen LogP contribution in [-0.2, 0) is 6.54 Å². The number of rotatable bonds is 4. The van der Waals surface area contributed by atoms with E-state index < -0.39 is 5.82 Å². The van der Waals surface area contributed by atoms with Crippen molar-refractivity contribution in [2.75, 3.05) is 12.4 Å². The highest BCUT2D eigenvalue weighted by Gasteiger charge is 2.05. The zero-order chi connectivity index (χ0) is 15.2. The highest BCUT2D eigenvalue weighted by molar-refractivity contribution is 6.30. The highest BCUT2D eigenvalue weighted by Crippen LogP contribution is 2.17. The van der Waals surface area contributed by atoms with Gasteiger partial charge in [0.2, 0.25) is 0 Å². The van der Waals surface area contributed by atoms with Crippen molar-refractivity contribution in [2.24, 2.45) is 0 Å². The van der Waals surface area contributed by atoms with Crippen molar-refractivity contribution in [3.63, 3.8) is 0 Å². The molecule has 0 bridgehead atoms. The minimum Gasteiger partial charge on any atom is -0.494 e. The van der Waals surface area contributed by atoms with E-state index in [9.17, 15) is 9.18 Å². The van der Waals surface area contributed by atoms with Crippen LogP contribution in [0.4, 0.5) is 14.9 Å². The van der Waals surface area contributed by atoms with Gasteiger partial charge in [-0.2, -0.15) is 0 Å². The molecule has 4 nitrogen and oxygen atoms in total. The first-order chi connectivity index (χ1) is 10.1. The van der Waals surface area contributed by atoms with Crippen LogP contribution in [0, 0.1) is 5.82 Å². The van der Waals surface area contributed by atoms with Gasteiger partial charge >= 0.3 is 6.03 Å². The number of methoxy groups -OCH3 is 1. The molecule has 0 saturated heterocycles. The van der Waals surface area contributed by atoms with Gasteiger partial charge in [0.25, 0.3) is 0 Å². The number of halogens is 2. The van der Waals surface area contributed by atoms with Crippen LogP contribution in [-0.4, -0.2) is 13.1 Å². The Balaban J connectivity index is 1.89. The Morgan fingerprint density at radius 2 is 1.95 bits per heavy atom. The fraction of sp³-hybridized carbons (Fsp3) is 0.133. The number of urea groups is 1. The summed E-state index contributed by atoms with van der Waals surface area (Å²) in [7, 11) is 1.40. The molecule has 0 aliphatic heterocycles. The van der Waals surface area contributed by atoms with Gasteiger partial charge in [0.15, 0.2) is 11.6 Å². The number of hydrogen-bond acceptors (Lipinski definition) is 2. The summed E-state index contributed by atoms with van der Waals surface area (Å²) in [4.78, 5) is 11.7. The Kier molecular flexibility index (Phi) is 5.00. The van der Waals surface area contributed by atoms with Crippen LogP contribution in [0.15, 0.2) is 42.5 Å². The third-order valence-electron chi connectivity index (χ3n) is 2.77. The van der Waals surface area contributed by atoms with Gasteiger partial charge in [0.1, 0.15) is 0 Å². The maximum absolute atomic E-state index is 13.5. The van der Waals surface area contributed by atoms with Crippen LogP contribution < -0.4 is 15.4 Å². The molecule has 0 atom stereocenters. The highest BCUT2D eigenvalue weighted by atomic mass is 35.5. The zero-order valence-electron chi connectivity index (χ0n) is 11.3. The van der Waals surface area contributed by atoms with Gasteiger partial charge in [-0.25, -0.2) is 9.18 Å². The first-order valence-corrected chi connectivity index (χ1v) is 6.59. The molecule has 0 unspecified atom stereocenters. The van der Waals surface area contributed by atoms with Crippen LogP contribution in [0.1, 0.15) is 5.56 Å². The van der Waals surface area contributed by atoms with Crippen molar-refractivity contribution in [1.29, 1.82) is 0 Å². The maximum Gasteiger partial charge on any atom is 0.319 e. The van der Waals surface area contributed by atoms with E-state index >= 15 is 0 Å². The van der Waals surface area contributed by atoms with Crippen LogP contribution in [0.2, 0.25) is 5.02 Å². The second-order valence-electron chi connectivity index (χ2n) is 4.28. The third kappa shape index (κ3) is 4.36. The predicted molar refractivity (Wildman–Crippen MR) is 80.3 cm³/mol. The second kappa shape index (κ2) is 6.95. The number of carbonyl (C=O) groups is 1. The molecule has 110 valence electrons. The molecule has 2 rings (SSSR count). The molecule has 0 aliphatic rings. The fourth-order valence-electron chi connectivity index (χ4n) is 1.71. The van der Waals surface area contributed by atoms with Gasteiger partial charge in [-0.05, 0) is 42.0 Å². The number of benzene rings is 2. The lowest BCUT2D eigenvalue weighted by Crippen LogP contribution is -2.28. The van der Waals surface area contributed by atoms with Crippen molar-refractivity contribution in [3.8, 4) is 5.75 Å². The van der Waals surface area contributed by atoms with E-state index in [2.05, 4.69) is 10.6 Å². The Hall–Kier alpha value is -2.27. The number of anilines is 1. The average Bonchev–Trinajstić information content (AvgIpc) is 2.48. The van der Waals surface area contributed by atoms with Gasteiger partial charge in [-0.15, -0.1) is 0 Å². The summed E-state index contributed by atoms with van der Waals surface area (Å²) in [6.07, 6.45) is 0. The van der Waals surface area contributed by atoms with Crippen molar-refractivity contribution in [2.45, 2.75) is 6.54 Å². The van der Waals surface area contributed by atoms with Gasteiger partial charge in [0, 0.05) is 17.3 Å². The Morgan fingerprint density at radius 3 is 2.57 bits per heavy atom. The number of carbonyl (C=O) groups excluding carboxylic acids is 1. The number of amides is 2. The van der Waals surface area contributed by atoms with Gasteiger partial charge in [-0.1, -0.05) is 17.7 Å². The summed E-state index contributed by atoms with van der Waals surface area (Å²) < 4.78 is 18.3. The molecule has 2 aromatic carbocycles. The Morgan fingerprint density at radius 1 is 1.24 bits per heavy atom. The van der Waals surface area contributed by atoms with Crippen molar-refractivity contribution in [3.05, 3.63) is 58.9 Å². The molecule has 2 aromatic rings. The van der Waals surface area contributed by atoms with Gasteiger partial charge in [-0.3, -0.25) is 0 Å². The molecule has 0 spiro atoms. The minimum atomic E-state index is -0.463. The monoisotopic (exact) mass is 308 g/mol. The van der Waals surface area contributed by atoms with Crippen LogP contribution >= 0.6 is 11.6 Å². The molecule has 0 heterocycles. The minimum absolute atomic E-state index is 0.171. The van der Waals surface area contributed by atoms with E-state index in [0.29, 0.717) is 16.3 Å². The van der Waals surface area contributed by atoms with E-state index in [1.54, 1.807) is 30.3 Å². The van der Waals surface area contributed by atoms with Gasteiger partial charge in [0.05, 0.1) is 7.11 Å². The lowest BCUT2D eigenvalue weighted by Gasteiger charge is -2.09. The lowest BCUT2D eigenvalue weighted by atomic mass is 10.2. The number of ether oxygens (including phenoxy) is 1. The molecule has 0 aliphatic carbocycles. The van der Waals surface area contributed by atoms with Crippen LogP contribution in [0.5, 0.6) is 5.75 Å². The van der Waals surface area contributed by atoms with E-state index in [1.165, 1.54) is 19.2 Å². The lowest BCUT2D eigenvalue weighted by molar-refractivity contribution is 0.251. The molecule has 6 heteroatoms. The van der Waals surface area contributed by atoms with Crippen molar-refractivity contribution < 1.29 is 13.9 Å². The summed E-state index contributed by atoms with van der Waals surface area (Å²) in [6.45, 7) is 0.209. The molecule has 21 heavy (non-hydrogen) atoms. The topological polar surface area (TPSA) is 50.4 Å². The number of nitrogens with one attached hydrogen (secondary N) is 2. The molecule has 0 aromatic heterocycles. The number of hydrogen-bond donors (Lipinski definition) is 2. The predicted octanol–water partition coefficient (Wildman–Crippen LogP) is 3.81. The first-order valence-electron chi connectivity index (χ1n) is 6.21. The smallest absolute Gasteiger partial charge is 0.319 e. The maximum atomic E-state index is 13.5. The molecule has 0 radical (unpaired) electrons. The normalized spacial score (nSPS) is 10.0. The van der Waals surface area contributed by atoms with Crippen LogP contribution in [0.3, 0.4) is 0 Å². The summed E-state index contributed by atoms with van der Waals surface area (Å²) >= 11 is 5.75. The molecule has 0 fully saturated rings. The third-order valence-corrected chi connectivity index (χ3v) is 3.02. The fourth-order valence-corrected chi connectivity index (χ4v) is 1.84. The molecular formula is C15H14ClFN2O2. The van der Waals surface area contributed by atoms with E-state index in [4.69, 9.17) is 16.3 Å². The summed E-state index contributed by atoms with van der Waals surface area (Å²) in [5.74, 6) is -0.292. The standard InChI is InChI=1S/C15H14ClFN2O2/c1-21-14-7-2-10(8-13(14)17)9-18-15(20)19-12-5-3-11(16)4-6-12/h2-8H,9H2,1H3,(H2,18,19,20). The molecular weight excluding hydrogens is 295 g/mol. The molecule has 0 saturated carbocycles. The second-order valence-corrected chi connectivity index (χ2v) is 4.72. The summed E-state index contributed by atoms with van der Waals surface area (Å²) in [6, 6.07) is 10.9. The van der Waals surface area contributed by atoms with E-state index in [-0.39, 0.29) is 18.3 Å². The van der Waals surface area contributed by atoms with Crippen molar-refractivity contribution in [1.82, 2.24) is 5.32 Å². The SMILES string of the molecule is COc1ccc(CNC(=O)Nc2ccc(Cl)cc2)cc1F. The average molecular weight is 309 g/mol.